The Hall–Kier alpha value is -1.76. The van der Waals surface area contributed by atoms with Crippen molar-refractivity contribution in [3.05, 3.63) is 59.6 Å². The van der Waals surface area contributed by atoms with E-state index >= 15 is 0 Å². The van der Waals surface area contributed by atoms with Crippen molar-refractivity contribution in [1.82, 2.24) is 9.80 Å². The Morgan fingerprint density at radius 1 is 1.12 bits per heavy atom. The lowest BCUT2D eigenvalue weighted by Gasteiger charge is -2.41. The fourth-order valence-electron chi connectivity index (χ4n) is 3.23. The molecule has 1 atom stereocenters. The summed E-state index contributed by atoms with van der Waals surface area (Å²) in [5.74, 6) is -0.719. The van der Waals surface area contributed by atoms with E-state index in [1.165, 1.54) is 12.1 Å². The summed E-state index contributed by atoms with van der Waals surface area (Å²) in [5, 5.41) is 9.35. The molecule has 0 bridgehead atoms. The minimum atomic E-state index is -0.825. The molecule has 1 saturated heterocycles. The smallest absolute Gasteiger partial charge is 0.159 e. The number of benzene rings is 1. The largest absolute Gasteiger partial charge is 0.468 e. The molecule has 1 aliphatic heterocycles. The molecule has 6 heteroatoms. The topological polar surface area (TPSA) is 39.9 Å². The first-order valence-corrected chi connectivity index (χ1v) is 8.19. The van der Waals surface area contributed by atoms with E-state index in [1.54, 1.807) is 12.3 Å². The predicted octanol–water partition coefficient (Wildman–Crippen LogP) is 2.63. The van der Waals surface area contributed by atoms with Crippen LogP contribution in [0.4, 0.5) is 8.78 Å². The summed E-state index contributed by atoms with van der Waals surface area (Å²) in [6.07, 6.45) is 2.32. The Kier molecular flexibility index (Phi) is 5.60. The molecular formula is C18H22F2N2O2. The van der Waals surface area contributed by atoms with Crippen molar-refractivity contribution in [3.63, 3.8) is 0 Å². The lowest BCUT2D eigenvalue weighted by molar-refractivity contribution is 0.0468. The molecule has 0 spiro atoms. The second kappa shape index (κ2) is 7.88. The van der Waals surface area contributed by atoms with Gasteiger partial charge >= 0.3 is 0 Å². The van der Waals surface area contributed by atoms with Crippen molar-refractivity contribution in [3.8, 4) is 0 Å². The van der Waals surface area contributed by atoms with E-state index in [0.29, 0.717) is 13.0 Å². The molecule has 24 heavy (non-hydrogen) atoms. The van der Waals surface area contributed by atoms with Gasteiger partial charge in [-0.3, -0.25) is 9.80 Å². The van der Waals surface area contributed by atoms with Crippen molar-refractivity contribution in [2.75, 3.05) is 26.2 Å². The normalized spacial score (nSPS) is 19.7. The predicted molar refractivity (Wildman–Crippen MR) is 86.2 cm³/mol. The van der Waals surface area contributed by atoms with Crippen LogP contribution in [-0.2, 0) is 13.1 Å². The highest BCUT2D eigenvalue weighted by Crippen LogP contribution is 2.19. The monoisotopic (exact) mass is 336 g/mol. The van der Waals surface area contributed by atoms with Gasteiger partial charge in [-0.1, -0.05) is 6.07 Å². The van der Waals surface area contributed by atoms with Crippen LogP contribution >= 0.6 is 0 Å². The van der Waals surface area contributed by atoms with Gasteiger partial charge in [-0.05, 0) is 36.2 Å². The van der Waals surface area contributed by atoms with Crippen molar-refractivity contribution in [2.45, 2.75) is 25.6 Å². The van der Waals surface area contributed by atoms with E-state index in [9.17, 15) is 13.9 Å². The van der Waals surface area contributed by atoms with Crippen LogP contribution in [-0.4, -0.2) is 47.2 Å². The van der Waals surface area contributed by atoms with Crippen LogP contribution < -0.4 is 0 Å². The van der Waals surface area contributed by atoms with E-state index in [1.807, 2.05) is 12.1 Å². The number of nitrogens with zero attached hydrogens (tertiary/aromatic N) is 2. The average Bonchev–Trinajstić information content (AvgIpc) is 3.07. The second-order valence-electron chi connectivity index (χ2n) is 6.20. The van der Waals surface area contributed by atoms with Gasteiger partial charge in [0.1, 0.15) is 5.76 Å². The molecule has 2 aromatic rings. The standard InChI is InChI=1S/C18H22F2N2O2/c19-17-4-3-14(10-18(17)20)11-22-7-6-21(12-15(22)5-8-23)13-16-2-1-9-24-16/h1-4,9-10,15,23H,5-8,11-13H2/t15-/m1/s1. The highest BCUT2D eigenvalue weighted by molar-refractivity contribution is 5.18. The highest BCUT2D eigenvalue weighted by Gasteiger charge is 2.27. The van der Waals surface area contributed by atoms with E-state index < -0.39 is 11.6 Å². The fraction of sp³-hybridized carbons (Fsp3) is 0.444. The van der Waals surface area contributed by atoms with Crippen molar-refractivity contribution in [2.24, 2.45) is 0 Å². The molecule has 0 aliphatic carbocycles. The molecule has 0 saturated carbocycles. The minimum absolute atomic E-state index is 0.105. The molecule has 0 radical (unpaired) electrons. The highest BCUT2D eigenvalue weighted by atomic mass is 19.2. The number of hydrogen-bond acceptors (Lipinski definition) is 4. The molecule has 0 amide bonds. The molecule has 1 fully saturated rings. The first-order valence-electron chi connectivity index (χ1n) is 8.19. The Labute approximate surface area is 140 Å². The Morgan fingerprint density at radius 3 is 2.71 bits per heavy atom. The summed E-state index contributed by atoms with van der Waals surface area (Å²) in [7, 11) is 0. The molecule has 1 N–H and O–H groups in total. The third kappa shape index (κ3) is 4.20. The fourth-order valence-corrected chi connectivity index (χ4v) is 3.23. The maximum Gasteiger partial charge on any atom is 0.159 e. The maximum absolute atomic E-state index is 13.4. The summed E-state index contributed by atoms with van der Waals surface area (Å²) in [4.78, 5) is 4.52. The molecule has 1 aromatic heterocycles. The van der Waals surface area contributed by atoms with Gasteiger partial charge < -0.3 is 9.52 Å². The number of rotatable bonds is 6. The van der Waals surface area contributed by atoms with Crippen LogP contribution in [0.25, 0.3) is 0 Å². The molecule has 0 unspecified atom stereocenters. The average molecular weight is 336 g/mol. The van der Waals surface area contributed by atoms with Gasteiger partial charge in [-0.25, -0.2) is 8.78 Å². The third-order valence-corrected chi connectivity index (χ3v) is 4.48. The van der Waals surface area contributed by atoms with Crippen LogP contribution in [0.15, 0.2) is 41.0 Å². The lowest BCUT2D eigenvalue weighted by Crippen LogP contribution is -2.52. The molecule has 2 heterocycles. The zero-order valence-electron chi connectivity index (χ0n) is 13.5. The van der Waals surface area contributed by atoms with Crippen LogP contribution in [0.1, 0.15) is 17.7 Å². The summed E-state index contributed by atoms with van der Waals surface area (Å²) in [5.41, 5.74) is 0.747. The van der Waals surface area contributed by atoms with Gasteiger partial charge in [-0.15, -0.1) is 0 Å². The van der Waals surface area contributed by atoms with Crippen LogP contribution in [0.5, 0.6) is 0 Å². The number of furan rings is 1. The molecule has 1 aromatic carbocycles. The van der Waals surface area contributed by atoms with E-state index in [2.05, 4.69) is 9.80 Å². The van der Waals surface area contributed by atoms with E-state index in [-0.39, 0.29) is 12.6 Å². The zero-order chi connectivity index (χ0) is 16.9. The SMILES string of the molecule is OCC[C@@H]1CN(Cc2ccco2)CCN1Cc1ccc(F)c(F)c1. The molecule has 1 aliphatic rings. The maximum atomic E-state index is 13.4. The van der Waals surface area contributed by atoms with Crippen molar-refractivity contribution in [1.29, 1.82) is 0 Å². The van der Waals surface area contributed by atoms with Gasteiger partial charge in [0.2, 0.25) is 0 Å². The van der Waals surface area contributed by atoms with Crippen LogP contribution in [0, 0.1) is 11.6 Å². The van der Waals surface area contributed by atoms with Gasteiger partial charge in [0.05, 0.1) is 12.8 Å². The minimum Gasteiger partial charge on any atom is -0.468 e. The molecule has 4 nitrogen and oxygen atoms in total. The van der Waals surface area contributed by atoms with Gasteiger partial charge in [0.15, 0.2) is 11.6 Å². The number of hydrogen-bond donors (Lipinski definition) is 1. The number of piperazine rings is 1. The van der Waals surface area contributed by atoms with Crippen molar-refractivity contribution < 1.29 is 18.3 Å². The number of aliphatic hydroxyl groups excluding tert-OH is 1. The van der Waals surface area contributed by atoms with Crippen molar-refractivity contribution >= 4 is 0 Å². The molecule has 3 rings (SSSR count). The van der Waals surface area contributed by atoms with E-state index in [0.717, 1.165) is 37.5 Å². The first kappa shape index (κ1) is 17.1. The summed E-state index contributed by atoms with van der Waals surface area (Å²) in [6.45, 7) is 3.89. The third-order valence-electron chi connectivity index (χ3n) is 4.48. The molecule has 130 valence electrons. The van der Waals surface area contributed by atoms with Gasteiger partial charge in [0.25, 0.3) is 0 Å². The van der Waals surface area contributed by atoms with Crippen LogP contribution in [0.2, 0.25) is 0 Å². The zero-order valence-corrected chi connectivity index (χ0v) is 13.5. The lowest BCUT2D eigenvalue weighted by atomic mass is 10.1. The van der Waals surface area contributed by atoms with Gasteiger partial charge in [-0.2, -0.15) is 0 Å². The number of aliphatic hydroxyl groups is 1. The van der Waals surface area contributed by atoms with Crippen LogP contribution in [0.3, 0.4) is 0 Å². The summed E-state index contributed by atoms with van der Waals surface area (Å²) in [6, 6.07) is 8.03. The number of halogens is 2. The summed E-state index contributed by atoms with van der Waals surface area (Å²) >= 11 is 0. The van der Waals surface area contributed by atoms with Gasteiger partial charge in [0, 0.05) is 38.8 Å². The Balaban J connectivity index is 1.63. The molecular weight excluding hydrogens is 314 g/mol. The second-order valence-corrected chi connectivity index (χ2v) is 6.20. The Bertz CT molecular complexity index is 648. The quantitative estimate of drug-likeness (QED) is 0.880. The summed E-state index contributed by atoms with van der Waals surface area (Å²) < 4.78 is 31.9. The first-order chi connectivity index (χ1) is 11.7. The Morgan fingerprint density at radius 2 is 2.00 bits per heavy atom. The van der Waals surface area contributed by atoms with E-state index in [4.69, 9.17) is 4.42 Å².